The second kappa shape index (κ2) is 8.04. The van der Waals surface area contributed by atoms with Crippen LogP contribution in [0.1, 0.15) is 5.56 Å². The highest BCUT2D eigenvalue weighted by Gasteiger charge is 2.30. The molecule has 0 aliphatic carbocycles. The molecule has 28 heavy (non-hydrogen) atoms. The van der Waals surface area contributed by atoms with Gasteiger partial charge < -0.3 is 14.4 Å². The lowest BCUT2D eigenvalue weighted by atomic mass is 10.1. The van der Waals surface area contributed by atoms with Gasteiger partial charge in [0, 0.05) is 32.2 Å². The Labute approximate surface area is 163 Å². The van der Waals surface area contributed by atoms with Crippen LogP contribution in [0.4, 0.5) is 10.1 Å². The van der Waals surface area contributed by atoms with Crippen molar-refractivity contribution >= 4 is 15.7 Å². The summed E-state index contributed by atoms with van der Waals surface area (Å²) >= 11 is 0. The topological polar surface area (TPSA) is 82.9 Å². The van der Waals surface area contributed by atoms with Gasteiger partial charge in [-0.1, -0.05) is 6.07 Å². The summed E-state index contributed by atoms with van der Waals surface area (Å²) in [6, 6.07) is 10.8. The molecule has 0 radical (unpaired) electrons. The molecule has 9 heteroatoms. The Morgan fingerprint density at radius 2 is 1.71 bits per heavy atom. The Morgan fingerprint density at radius 3 is 2.32 bits per heavy atom. The van der Waals surface area contributed by atoms with E-state index >= 15 is 0 Å². The van der Waals surface area contributed by atoms with Gasteiger partial charge in [-0.25, -0.2) is 12.8 Å². The third kappa shape index (κ3) is 3.61. The van der Waals surface area contributed by atoms with E-state index in [0.717, 1.165) is 0 Å². The van der Waals surface area contributed by atoms with Crippen molar-refractivity contribution in [3.8, 4) is 17.6 Å². The molecule has 1 heterocycles. The van der Waals surface area contributed by atoms with Gasteiger partial charge in [-0.15, -0.1) is 0 Å². The minimum absolute atomic E-state index is 0.0290. The van der Waals surface area contributed by atoms with E-state index in [1.165, 1.54) is 42.8 Å². The van der Waals surface area contributed by atoms with Crippen molar-refractivity contribution in [3.63, 3.8) is 0 Å². The smallest absolute Gasteiger partial charge is 0.243 e. The zero-order valence-electron chi connectivity index (χ0n) is 15.6. The fourth-order valence-electron chi connectivity index (χ4n) is 3.18. The summed E-state index contributed by atoms with van der Waals surface area (Å²) in [4.78, 5) is 1.93. The molecular weight excluding hydrogens is 385 g/mol. The number of piperazine rings is 1. The Bertz CT molecular complexity index is 1010. The van der Waals surface area contributed by atoms with Crippen molar-refractivity contribution in [2.75, 3.05) is 45.3 Å². The highest BCUT2D eigenvalue weighted by Crippen LogP contribution is 2.31. The molecule has 1 aliphatic heterocycles. The van der Waals surface area contributed by atoms with E-state index in [1.54, 1.807) is 12.1 Å². The molecule has 1 aliphatic rings. The van der Waals surface area contributed by atoms with Gasteiger partial charge in [0.1, 0.15) is 17.4 Å². The zero-order valence-corrected chi connectivity index (χ0v) is 16.4. The average Bonchev–Trinajstić information content (AvgIpc) is 2.73. The number of anilines is 1. The van der Waals surface area contributed by atoms with Gasteiger partial charge in [0.2, 0.25) is 10.0 Å². The zero-order chi connectivity index (χ0) is 20.3. The molecule has 0 aromatic heterocycles. The van der Waals surface area contributed by atoms with E-state index in [-0.39, 0.29) is 23.5 Å². The monoisotopic (exact) mass is 405 g/mol. The number of hydrogen-bond donors (Lipinski definition) is 0. The first-order valence-electron chi connectivity index (χ1n) is 8.58. The first kappa shape index (κ1) is 19.9. The van der Waals surface area contributed by atoms with Gasteiger partial charge in [-0.05, 0) is 24.3 Å². The van der Waals surface area contributed by atoms with Gasteiger partial charge >= 0.3 is 0 Å². The number of rotatable bonds is 5. The van der Waals surface area contributed by atoms with Crippen molar-refractivity contribution in [1.29, 1.82) is 5.26 Å². The summed E-state index contributed by atoms with van der Waals surface area (Å²) in [6.07, 6.45) is 0. The number of nitrogens with zero attached hydrogens (tertiary/aromatic N) is 3. The van der Waals surface area contributed by atoms with Crippen molar-refractivity contribution in [3.05, 3.63) is 47.8 Å². The lowest BCUT2D eigenvalue weighted by Gasteiger charge is -2.35. The first-order valence-corrected chi connectivity index (χ1v) is 10.0. The average molecular weight is 405 g/mol. The number of nitriles is 1. The lowest BCUT2D eigenvalue weighted by Crippen LogP contribution is -2.48. The van der Waals surface area contributed by atoms with E-state index < -0.39 is 15.8 Å². The summed E-state index contributed by atoms with van der Waals surface area (Å²) in [6.45, 7) is 1.14. The molecule has 0 saturated carbocycles. The van der Waals surface area contributed by atoms with Crippen LogP contribution in [0.15, 0.2) is 41.3 Å². The largest absolute Gasteiger partial charge is 0.493 e. The van der Waals surface area contributed by atoms with Crippen LogP contribution in [0, 0.1) is 17.1 Å². The molecule has 0 unspecified atom stereocenters. The molecular formula is C19H20FN3O4S. The molecule has 1 saturated heterocycles. The molecule has 0 N–H and O–H groups in total. The van der Waals surface area contributed by atoms with Crippen LogP contribution < -0.4 is 14.4 Å². The highest BCUT2D eigenvalue weighted by atomic mass is 32.2. The first-order chi connectivity index (χ1) is 13.4. The lowest BCUT2D eigenvalue weighted by molar-refractivity contribution is 0.353. The number of benzene rings is 2. The van der Waals surface area contributed by atoms with Crippen molar-refractivity contribution in [1.82, 2.24) is 4.31 Å². The number of hydrogen-bond acceptors (Lipinski definition) is 6. The molecule has 0 bridgehead atoms. The maximum Gasteiger partial charge on any atom is 0.243 e. The normalized spacial score (nSPS) is 15.1. The van der Waals surface area contributed by atoms with Gasteiger partial charge in [-0.3, -0.25) is 0 Å². The van der Waals surface area contributed by atoms with E-state index in [4.69, 9.17) is 9.47 Å². The molecule has 0 amide bonds. The Hall–Kier alpha value is -2.83. The Morgan fingerprint density at radius 1 is 1.04 bits per heavy atom. The van der Waals surface area contributed by atoms with Crippen LogP contribution in [0.5, 0.6) is 11.5 Å². The van der Waals surface area contributed by atoms with Crippen LogP contribution in [-0.4, -0.2) is 53.1 Å². The predicted octanol–water partition coefficient (Wildman–Crippen LogP) is 2.23. The van der Waals surface area contributed by atoms with Gasteiger partial charge in [0.05, 0.1) is 24.8 Å². The molecule has 7 nitrogen and oxygen atoms in total. The molecule has 2 aromatic carbocycles. The second-order valence-electron chi connectivity index (χ2n) is 6.15. The molecule has 148 valence electrons. The summed E-state index contributed by atoms with van der Waals surface area (Å²) in [5.41, 5.74) is 0.448. The Kier molecular flexibility index (Phi) is 5.72. The third-order valence-corrected chi connectivity index (χ3v) is 6.57. The van der Waals surface area contributed by atoms with E-state index in [0.29, 0.717) is 30.3 Å². The number of halogens is 1. The van der Waals surface area contributed by atoms with Gasteiger partial charge in [-0.2, -0.15) is 9.57 Å². The van der Waals surface area contributed by atoms with E-state index in [1.807, 2.05) is 11.0 Å². The Balaban J connectivity index is 1.80. The van der Waals surface area contributed by atoms with Crippen molar-refractivity contribution in [2.24, 2.45) is 0 Å². The fourth-order valence-corrected chi connectivity index (χ4v) is 4.62. The summed E-state index contributed by atoms with van der Waals surface area (Å²) in [7, 11) is -0.794. The quantitative estimate of drug-likeness (QED) is 0.759. The van der Waals surface area contributed by atoms with Crippen LogP contribution >= 0.6 is 0 Å². The number of methoxy groups -OCH3 is 2. The van der Waals surface area contributed by atoms with Crippen LogP contribution in [0.3, 0.4) is 0 Å². The summed E-state index contributed by atoms with van der Waals surface area (Å²) < 4.78 is 51.5. The maximum absolute atomic E-state index is 13.8. The number of ether oxygens (including phenoxy) is 2. The van der Waals surface area contributed by atoms with Crippen molar-refractivity contribution in [2.45, 2.75) is 4.90 Å². The standard InChI is InChI=1S/C19H20FN3O4S/c1-26-18-7-6-14(12-19(18)27-2)28(24,25)23-10-8-22(9-11-23)17-5-3-4-16(20)15(17)13-21/h3-7,12H,8-11H2,1-2H3. The molecule has 3 rings (SSSR count). The predicted molar refractivity (Wildman–Crippen MR) is 102 cm³/mol. The fraction of sp³-hybridized carbons (Fsp3) is 0.316. The van der Waals surface area contributed by atoms with Gasteiger partial charge in [0.15, 0.2) is 11.5 Å². The van der Waals surface area contributed by atoms with Crippen molar-refractivity contribution < 1.29 is 22.3 Å². The number of sulfonamides is 1. The highest BCUT2D eigenvalue weighted by molar-refractivity contribution is 7.89. The second-order valence-corrected chi connectivity index (χ2v) is 8.09. The van der Waals surface area contributed by atoms with Gasteiger partial charge in [0.25, 0.3) is 0 Å². The summed E-state index contributed by atoms with van der Waals surface area (Å²) in [5, 5.41) is 9.21. The van der Waals surface area contributed by atoms with Crippen LogP contribution in [-0.2, 0) is 10.0 Å². The minimum atomic E-state index is -3.72. The SMILES string of the molecule is COc1ccc(S(=O)(=O)N2CCN(c3cccc(F)c3C#N)CC2)cc1OC. The summed E-state index contributed by atoms with van der Waals surface area (Å²) in [5.74, 6) is 0.197. The van der Waals surface area contributed by atoms with Crippen LogP contribution in [0.25, 0.3) is 0 Å². The molecule has 0 spiro atoms. The molecule has 1 fully saturated rings. The maximum atomic E-state index is 13.8. The van der Waals surface area contributed by atoms with Crippen LogP contribution in [0.2, 0.25) is 0 Å². The minimum Gasteiger partial charge on any atom is -0.493 e. The van der Waals surface area contributed by atoms with E-state index in [2.05, 4.69) is 0 Å². The molecule has 0 atom stereocenters. The third-order valence-electron chi connectivity index (χ3n) is 4.68. The van der Waals surface area contributed by atoms with E-state index in [9.17, 15) is 18.1 Å². The molecule has 2 aromatic rings.